The van der Waals surface area contributed by atoms with Gasteiger partial charge in [0.05, 0.1) is 0 Å². The van der Waals surface area contributed by atoms with Crippen LogP contribution >= 0.6 is 11.8 Å². The summed E-state index contributed by atoms with van der Waals surface area (Å²) in [5.74, 6) is 1.10. The molecule has 16 heavy (non-hydrogen) atoms. The molecule has 1 unspecified atom stereocenters. The lowest BCUT2D eigenvalue weighted by Crippen LogP contribution is -2.35. The molecule has 0 aliphatic heterocycles. The van der Waals surface area contributed by atoms with E-state index in [2.05, 4.69) is 45.0 Å². The number of benzene rings is 1. The van der Waals surface area contributed by atoms with Crippen molar-refractivity contribution in [3.8, 4) is 0 Å². The third-order valence-corrected chi connectivity index (χ3v) is 3.81. The van der Waals surface area contributed by atoms with Gasteiger partial charge in [0.1, 0.15) is 0 Å². The molecule has 1 atom stereocenters. The lowest BCUT2D eigenvalue weighted by atomic mass is 9.81. The second-order valence-electron chi connectivity index (χ2n) is 4.67. The average Bonchev–Trinajstić information content (AvgIpc) is 2.29. The van der Waals surface area contributed by atoms with Gasteiger partial charge in [-0.1, -0.05) is 32.9 Å². The van der Waals surface area contributed by atoms with Crippen molar-refractivity contribution in [2.75, 3.05) is 12.3 Å². The molecular weight excluding hydrogens is 216 g/mol. The minimum Gasteiger partial charge on any atom is -0.330 e. The molecule has 0 spiro atoms. The molecule has 3 heteroatoms. The van der Waals surface area contributed by atoms with Crippen LogP contribution in [0.2, 0.25) is 0 Å². The lowest BCUT2D eigenvalue weighted by Gasteiger charge is -2.30. The van der Waals surface area contributed by atoms with Gasteiger partial charge in [0.2, 0.25) is 0 Å². The minimum atomic E-state index is -0.0561. The first kappa shape index (κ1) is 13.6. The average molecular weight is 238 g/mol. The van der Waals surface area contributed by atoms with E-state index in [1.165, 1.54) is 4.90 Å². The van der Waals surface area contributed by atoms with E-state index in [9.17, 15) is 0 Å². The summed E-state index contributed by atoms with van der Waals surface area (Å²) in [4.78, 5) is 1.30. The standard InChI is InChI=1S/C13H22N2S/c1-4-16-11-7-5-10(6-8-11)12(15)13(2,3)9-14/h5-8,12H,4,9,14-15H2,1-3H3. The fourth-order valence-corrected chi connectivity index (χ4v) is 2.18. The molecular formula is C13H22N2S. The van der Waals surface area contributed by atoms with E-state index < -0.39 is 0 Å². The van der Waals surface area contributed by atoms with Crippen molar-refractivity contribution in [3.05, 3.63) is 29.8 Å². The van der Waals surface area contributed by atoms with Crippen LogP contribution < -0.4 is 11.5 Å². The van der Waals surface area contributed by atoms with Crippen LogP contribution in [0.3, 0.4) is 0 Å². The van der Waals surface area contributed by atoms with Gasteiger partial charge in [-0.25, -0.2) is 0 Å². The van der Waals surface area contributed by atoms with Crippen LogP contribution in [0.4, 0.5) is 0 Å². The minimum absolute atomic E-state index is 0.00169. The van der Waals surface area contributed by atoms with Gasteiger partial charge in [0.25, 0.3) is 0 Å². The normalized spacial score (nSPS) is 13.8. The molecule has 0 fully saturated rings. The van der Waals surface area contributed by atoms with Crippen molar-refractivity contribution >= 4 is 11.8 Å². The first-order valence-electron chi connectivity index (χ1n) is 5.69. The number of nitrogens with two attached hydrogens (primary N) is 2. The van der Waals surface area contributed by atoms with Gasteiger partial charge in [0.15, 0.2) is 0 Å². The van der Waals surface area contributed by atoms with E-state index in [1.807, 2.05) is 11.8 Å². The summed E-state index contributed by atoms with van der Waals surface area (Å²) in [6.07, 6.45) is 0. The van der Waals surface area contributed by atoms with Gasteiger partial charge in [-0.2, -0.15) is 0 Å². The molecule has 0 saturated heterocycles. The molecule has 4 N–H and O–H groups in total. The van der Waals surface area contributed by atoms with Crippen LogP contribution in [0, 0.1) is 5.41 Å². The lowest BCUT2D eigenvalue weighted by molar-refractivity contribution is 0.301. The largest absolute Gasteiger partial charge is 0.330 e. The van der Waals surface area contributed by atoms with E-state index >= 15 is 0 Å². The summed E-state index contributed by atoms with van der Waals surface area (Å²) in [6, 6.07) is 8.49. The molecule has 0 aromatic heterocycles. The maximum Gasteiger partial charge on any atom is 0.0358 e. The van der Waals surface area contributed by atoms with Crippen molar-refractivity contribution in [3.63, 3.8) is 0 Å². The van der Waals surface area contributed by atoms with Crippen LogP contribution in [0.1, 0.15) is 32.4 Å². The zero-order chi connectivity index (χ0) is 12.2. The monoisotopic (exact) mass is 238 g/mol. The van der Waals surface area contributed by atoms with E-state index in [0.29, 0.717) is 6.54 Å². The molecule has 1 aromatic rings. The number of hydrogen-bond donors (Lipinski definition) is 2. The predicted octanol–water partition coefficient (Wildman–Crippen LogP) is 2.78. The third kappa shape index (κ3) is 3.24. The molecule has 0 amide bonds. The Bertz CT molecular complexity index is 319. The Morgan fingerprint density at radius 2 is 1.81 bits per heavy atom. The highest BCUT2D eigenvalue weighted by Crippen LogP contribution is 2.31. The van der Waals surface area contributed by atoms with Gasteiger partial charge in [-0.15, -0.1) is 11.8 Å². The summed E-state index contributed by atoms with van der Waals surface area (Å²) in [5, 5.41) is 0. The Balaban J connectivity index is 2.81. The smallest absolute Gasteiger partial charge is 0.0358 e. The van der Waals surface area contributed by atoms with Crippen LogP contribution in [0.25, 0.3) is 0 Å². The van der Waals surface area contributed by atoms with E-state index in [4.69, 9.17) is 11.5 Å². The van der Waals surface area contributed by atoms with Crippen LogP contribution in [0.15, 0.2) is 29.2 Å². The van der Waals surface area contributed by atoms with Crippen molar-refractivity contribution in [2.45, 2.75) is 31.7 Å². The van der Waals surface area contributed by atoms with Crippen molar-refractivity contribution < 1.29 is 0 Å². The molecule has 0 radical (unpaired) electrons. The Morgan fingerprint density at radius 1 is 1.25 bits per heavy atom. The molecule has 0 bridgehead atoms. The molecule has 1 aromatic carbocycles. The van der Waals surface area contributed by atoms with Gasteiger partial charge < -0.3 is 11.5 Å². The summed E-state index contributed by atoms with van der Waals surface area (Å²) in [5.41, 5.74) is 13.1. The van der Waals surface area contributed by atoms with Gasteiger partial charge >= 0.3 is 0 Å². The van der Waals surface area contributed by atoms with E-state index in [0.717, 1.165) is 11.3 Å². The topological polar surface area (TPSA) is 52.0 Å². The molecule has 2 nitrogen and oxygen atoms in total. The third-order valence-electron chi connectivity index (χ3n) is 2.92. The fraction of sp³-hybridized carbons (Fsp3) is 0.538. The molecule has 0 aliphatic rings. The molecule has 0 saturated carbocycles. The van der Waals surface area contributed by atoms with Crippen molar-refractivity contribution in [1.29, 1.82) is 0 Å². The number of thioether (sulfide) groups is 1. The molecule has 90 valence electrons. The second kappa shape index (κ2) is 5.71. The second-order valence-corrected chi connectivity index (χ2v) is 6.01. The van der Waals surface area contributed by atoms with Crippen LogP contribution in [-0.4, -0.2) is 12.3 Å². The van der Waals surface area contributed by atoms with Crippen LogP contribution in [0.5, 0.6) is 0 Å². The first-order chi connectivity index (χ1) is 7.51. The fourth-order valence-electron chi connectivity index (χ4n) is 1.52. The van der Waals surface area contributed by atoms with E-state index in [-0.39, 0.29) is 11.5 Å². The Morgan fingerprint density at radius 3 is 2.25 bits per heavy atom. The van der Waals surface area contributed by atoms with E-state index in [1.54, 1.807) is 0 Å². The van der Waals surface area contributed by atoms with Gasteiger partial charge in [-0.3, -0.25) is 0 Å². The Hall–Kier alpha value is -0.510. The molecule has 1 rings (SSSR count). The Kier molecular flexibility index (Phi) is 4.84. The maximum absolute atomic E-state index is 6.22. The first-order valence-corrected chi connectivity index (χ1v) is 6.68. The zero-order valence-corrected chi connectivity index (χ0v) is 11.2. The highest BCUT2D eigenvalue weighted by Gasteiger charge is 2.25. The number of rotatable bonds is 5. The summed E-state index contributed by atoms with van der Waals surface area (Å²) in [6.45, 7) is 6.96. The SMILES string of the molecule is CCSc1ccc(C(N)C(C)(C)CN)cc1. The summed E-state index contributed by atoms with van der Waals surface area (Å²) in [7, 11) is 0. The number of hydrogen-bond acceptors (Lipinski definition) is 3. The Labute approximate surface area is 103 Å². The predicted molar refractivity (Wildman–Crippen MR) is 72.6 cm³/mol. The highest BCUT2D eigenvalue weighted by molar-refractivity contribution is 7.99. The van der Waals surface area contributed by atoms with Gasteiger partial charge in [-0.05, 0) is 35.4 Å². The maximum atomic E-state index is 6.22. The summed E-state index contributed by atoms with van der Waals surface area (Å²) >= 11 is 1.84. The highest BCUT2D eigenvalue weighted by atomic mass is 32.2. The molecule has 0 heterocycles. The van der Waals surface area contributed by atoms with Gasteiger partial charge in [0, 0.05) is 10.9 Å². The van der Waals surface area contributed by atoms with Crippen molar-refractivity contribution in [2.24, 2.45) is 16.9 Å². The van der Waals surface area contributed by atoms with Crippen molar-refractivity contribution in [1.82, 2.24) is 0 Å². The summed E-state index contributed by atoms with van der Waals surface area (Å²) < 4.78 is 0. The zero-order valence-electron chi connectivity index (χ0n) is 10.4. The molecule has 0 aliphatic carbocycles. The van der Waals surface area contributed by atoms with Crippen LogP contribution in [-0.2, 0) is 0 Å². The quantitative estimate of drug-likeness (QED) is 0.776.